The average molecular weight is 293 g/mol. The summed E-state index contributed by atoms with van der Waals surface area (Å²) in [7, 11) is 0. The van der Waals surface area contributed by atoms with Crippen LogP contribution in [0, 0.1) is 12.8 Å². The highest BCUT2D eigenvalue weighted by Crippen LogP contribution is 2.13. The molecule has 0 amide bonds. The Morgan fingerprint density at radius 1 is 1.14 bits per heavy atom. The standard InChI is InChI=1S/C18H31NO2/c1-4-6-7-16(5-2)13-21-14-18(20)12-19-17-10-8-15(3)9-11-17/h8-11,16,18-20H,4-7,12-14H2,1-3H3. The number of hydrogen-bond donors (Lipinski definition) is 2. The highest BCUT2D eigenvalue weighted by atomic mass is 16.5. The lowest BCUT2D eigenvalue weighted by molar-refractivity contribution is 0.0245. The minimum Gasteiger partial charge on any atom is -0.389 e. The lowest BCUT2D eigenvalue weighted by atomic mass is 10.0. The van der Waals surface area contributed by atoms with E-state index < -0.39 is 6.10 Å². The molecule has 0 aliphatic rings. The fourth-order valence-corrected chi connectivity index (χ4v) is 2.23. The second-order valence-electron chi connectivity index (χ2n) is 5.85. The van der Waals surface area contributed by atoms with E-state index in [1.807, 2.05) is 12.1 Å². The van der Waals surface area contributed by atoms with Crippen molar-refractivity contribution in [3.05, 3.63) is 29.8 Å². The molecule has 3 nitrogen and oxygen atoms in total. The maximum atomic E-state index is 9.94. The zero-order valence-electron chi connectivity index (χ0n) is 13.8. The number of rotatable bonds is 11. The number of hydrogen-bond acceptors (Lipinski definition) is 3. The van der Waals surface area contributed by atoms with Gasteiger partial charge in [0.05, 0.1) is 12.7 Å². The summed E-state index contributed by atoms with van der Waals surface area (Å²) < 4.78 is 5.66. The molecular formula is C18H31NO2. The molecule has 1 rings (SSSR count). The summed E-state index contributed by atoms with van der Waals surface area (Å²) in [6.45, 7) is 8.18. The normalized spacial score (nSPS) is 13.9. The topological polar surface area (TPSA) is 41.5 Å². The van der Waals surface area contributed by atoms with Crippen molar-refractivity contribution in [1.82, 2.24) is 0 Å². The minimum atomic E-state index is -0.463. The van der Waals surface area contributed by atoms with Gasteiger partial charge >= 0.3 is 0 Å². The molecule has 0 fully saturated rings. The maximum absolute atomic E-state index is 9.94. The van der Waals surface area contributed by atoms with E-state index in [-0.39, 0.29) is 0 Å². The predicted octanol–water partition coefficient (Wildman–Crippen LogP) is 4.00. The number of aryl methyl sites for hydroxylation is 1. The number of aliphatic hydroxyl groups is 1. The molecule has 0 heterocycles. The van der Waals surface area contributed by atoms with Crippen molar-refractivity contribution in [2.75, 3.05) is 25.1 Å². The summed E-state index contributed by atoms with van der Waals surface area (Å²) in [5.41, 5.74) is 2.27. The molecule has 1 aromatic carbocycles. The second-order valence-corrected chi connectivity index (χ2v) is 5.85. The Morgan fingerprint density at radius 2 is 1.86 bits per heavy atom. The SMILES string of the molecule is CCCCC(CC)COCC(O)CNc1ccc(C)cc1. The summed E-state index contributed by atoms with van der Waals surface area (Å²) in [6.07, 6.45) is 4.41. The van der Waals surface area contributed by atoms with Crippen LogP contribution < -0.4 is 5.32 Å². The summed E-state index contributed by atoms with van der Waals surface area (Å²) in [6, 6.07) is 8.18. The molecule has 1 aromatic rings. The lowest BCUT2D eigenvalue weighted by Crippen LogP contribution is -2.26. The zero-order chi connectivity index (χ0) is 15.5. The number of anilines is 1. The van der Waals surface area contributed by atoms with Gasteiger partial charge in [0, 0.05) is 18.8 Å². The molecule has 0 radical (unpaired) electrons. The van der Waals surface area contributed by atoms with Crippen LogP contribution in [0.4, 0.5) is 5.69 Å². The minimum absolute atomic E-state index is 0.404. The third kappa shape index (κ3) is 8.08. The molecule has 0 aliphatic heterocycles. The first-order valence-electron chi connectivity index (χ1n) is 8.22. The second kappa shape index (κ2) is 10.6. The summed E-state index contributed by atoms with van der Waals surface area (Å²) in [5, 5.41) is 13.2. The average Bonchev–Trinajstić information content (AvgIpc) is 2.50. The van der Waals surface area contributed by atoms with Gasteiger partial charge in [-0.15, -0.1) is 0 Å². The molecule has 3 heteroatoms. The highest BCUT2D eigenvalue weighted by Gasteiger charge is 2.09. The molecule has 0 aliphatic carbocycles. The molecule has 2 atom stereocenters. The summed E-state index contributed by atoms with van der Waals surface area (Å²) >= 11 is 0. The third-order valence-corrected chi connectivity index (χ3v) is 3.80. The fourth-order valence-electron chi connectivity index (χ4n) is 2.23. The number of unbranched alkanes of at least 4 members (excludes halogenated alkanes) is 1. The van der Waals surface area contributed by atoms with Crippen LogP contribution in [-0.4, -0.2) is 31.0 Å². The van der Waals surface area contributed by atoms with E-state index in [4.69, 9.17) is 4.74 Å². The highest BCUT2D eigenvalue weighted by molar-refractivity contribution is 5.44. The van der Waals surface area contributed by atoms with Crippen molar-refractivity contribution in [3.63, 3.8) is 0 Å². The van der Waals surface area contributed by atoms with Gasteiger partial charge in [-0.3, -0.25) is 0 Å². The molecule has 0 saturated carbocycles. The number of aliphatic hydroxyl groups excluding tert-OH is 1. The van der Waals surface area contributed by atoms with E-state index in [9.17, 15) is 5.11 Å². The van der Waals surface area contributed by atoms with Crippen LogP contribution in [0.15, 0.2) is 24.3 Å². The van der Waals surface area contributed by atoms with E-state index in [1.165, 1.54) is 24.8 Å². The van der Waals surface area contributed by atoms with Gasteiger partial charge in [-0.1, -0.05) is 50.8 Å². The Balaban J connectivity index is 2.15. The van der Waals surface area contributed by atoms with Gasteiger partial charge in [-0.25, -0.2) is 0 Å². The molecule has 0 bridgehead atoms. The first-order chi connectivity index (χ1) is 10.2. The van der Waals surface area contributed by atoms with E-state index in [0.29, 0.717) is 19.1 Å². The van der Waals surface area contributed by atoms with Gasteiger partial charge in [-0.2, -0.15) is 0 Å². The van der Waals surface area contributed by atoms with Gasteiger partial charge in [0.25, 0.3) is 0 Å². The molecule has 0 aromatic heterocycles. The van der Waals surface area contributed by atoms with Crippen molar-refractivity contribution < 1.29 is 9.84 Å². The number of benzene rings is 1. The quantitative estimate of drug-likeness (QED) is 0.648. The van der Waals surface area contributed by atoms with Gasteiger partial charge in [-0.05, 0) is 31.4 Å². The smallest absolute Gasteiger partial charge is 0.0945 e. The lowest BCUT2D eigenvalue weighted by Gasteiger charge is -2.17. The van der Waals surface area contributed by atoms with Crippen molar-refractivity contribution in [2.24, 2.45) is 5.92 Å². The number of ether oxygens (including phenoxy) is 1. The Kier molecular flexibility index (Phi) is 9.11. The van der Waals surface area contributed by atoms with Crippen LogP contribution in [-0.2, 0) is 4.74 Å². The van der Waals surface area contributed by atoms with Crippen LogP contribution in [0.3, 0.4) is 0 Å². The summed E-state index contributed by atoms with van der Waals surface area (Å²) in [4.78, 5) is 0. The van der Waals surface area contributed by atoms with Crippen molar-refractivity contribution in [2.45, 2.75) is 52.6 Å². The molecule has 0 saturated heterocycles. The van der Waals surface area contributed by atoms with Gasteiger partial charge < -0.3 is 15.2 Å². The first-order valence-corrected chi connectivity index (χ1v) is 8.22. The summed E-state index contributed by atoms with van der Waals surface area (Å²) in [5.74, 6) is 0.627. The molecule has 2 N–H and O–H groups in total. The Bertz CT molecular complexity index is 364. The van der Waals surface area contributed by atoms with Crippen molar-refractivity contribution in [3.8, 4) is 0 Å². The van der Waals surface area contributed by atoms with Crippen molar-refractivity contribution in [1.29, 1.82) is 0 Å². The third-order valence-electron chi connectivity index (χ3n) is 3.80. The first kappa shape index (κ1) is 18.0. The Labute approximate surface area is 129 Å². The Hall–Kier alpha value is -1.06. The molecule has 2 unspecified atom stereocenters. The molecule has 0 spiro atoms. The largest absolute Gasteiger partial charge is 0.389 e. The van der Waals surface area contributed by atoms with Gasteiger partial charge in [0.2, 0.25) is 0 Å². The predicted molar refractivity (Wildman–Crippen MR) is 89.8 cm³/mol. The van der Waals surface area contributed by atoms with Crippen molar-refractivity contribution >= 4 is 5.69 Å². The van der Waals surface area contributed by atoms with E-state index in [2.05, 4.69) is 38.2 Å². The molecule has 120 valence electrons. The van der Waals surface area contributed by atoms with Crippen LogP contribution in [0.1, 0.15) is 45.1 Å². The van der Waals surface area contributed by atoms with Crippen LogP contribution in [0.25, 0.3) is 0 Å². The van der Waals surface area contributed by atoms with Crippen LogP contribution in [0.5, 0.6) is 0 Å². The fraction of sp³-hybridized carbons (Fsp3) is 0.667. The van der Waals surface area contributed by atoms with Crippen LogP contribution in [0.2, 0.25) is 0 Å². The van der Waals surface area contributed by atoms with E-state index in [0.717, 1.165) is 18.7 Å². The van der Waals surface area contributed by atoms with Crippen LogP contribution >= 0.6 is 0 Å². The van der Waals surface area contributed by atoms with E-state index >= 15 is 0 Å². The van der Waals surface area contributed by atoms with E-state index in [1.54, 1.807) is 0 Å². The number of nitrogens with one attached hydrogen (secondary N) is 1. The maximum Gasteiger partial charge on any atom is 0.0945 e. The monoisotopic (exact) mass is 293 g/mol. The Morgan fingerprint density at radius 3 is 2.48 bits per heavy atom. The van der Waals surface area contributed by atoms with Gasteiger partial charge in [0.15, 0.2) is 0 Å². The molecule has 21 heavy (non-hydrogen) atoms. The zero-order valence-corrected chi connectivity index (χ0v) is 13.8. The van der Waals surface area contributed by atoms with Gasteiger partial charge in [0.1, 0.15) is 0 Å². The molecular weight excluding hydrogens is 262 g/mol.